The van der Waals surface area contributed by atoms with E-state index in [2.05, 4.69) is 243 Å². The van der Waals surface area contributed by atoms with Gasteiger partial charge in [0.1, 0.15) is 0 Å². The lowest BCUT2D eigenvalue weighted by Gasteiger charge is -2.41. The van der Waals surface area contributed by atoms with Crippen LogP contribution in [0.25, 0.3) is 49.7 Å². The maximum atomic E-state index is 2.54. The van der Waals surface area contributed by atoms with Crippen molar-refractivity contribution in [1.82, 2.24) is 4.57 Å². The number of hydrogen-bond donors (Lipinski definition) is 0. The smallest absolute Gasteiger partial charge is 0.0742 e. The molecule has 0 amide bonds. The number of fused-ring (bicyclic) bond motifs is 11. The lowest BCUT2D eigenvalue weighted by molar-refractivity contribution is 0.660. The Hall–Kier alpha value is -7.42. The van der Waals surface area contributed by atoms with Crippen molar-refractivity contribution in [3.8, 4) is 27.9 Å². The molecule has 9 aromatic carbocycles. The average Bonchev–Trinajstić information content (AvgIpc) is 3.87. The molecule has 63 heavy (non-hydrogen) atoms. The maximum Gasteiger partial charge on any atom is 0.0742 e. The van der Waals surface area contributed by atoms with Crippen LogP contribution in [0.5, 0.6) is 0 Å². The Morgan fingerprint density at radius 3 is 1.40 bits per heavy atom. The highest BCUT2D eigenvalue weighted by Crippen LogP contribution is 2.56. The molecule has 0 atom stereocenters. The van der Waals surface area contributed by atoms with Gasteiger partial charge in [-0.15, -0.1) is 0 Å². The zero-order valence-electron chi connectivity index (χ0n) is 36.0. The van der Waals surface area contributed by atoms with Gasteiger partial charge in [0, 0.05) is 38.7 Å². The normalized spacial score (nSPS) is 15.4. The van der Waals surface area contributed by atoms with E-state index in [-0.39, 0.29) is 10.8 Å². The largest absolute Gasteiger partial charge is 0.310 e. The van der Waals surface area contributed by atoms with Crippen LogP contribution in [-0.2, 0) is 16.2 Å². The summed E-state index contributed by atoms with van der Waals surface area (Å²) in [5.41, 5.74) is 22.3. The van der Waals surface area contributed by atoms with Crippen molar-refractivity contribution in [2.45, 2.75) is 43.9 Å². The summed E-state index contributed by atoms with van der Waals surface area (Å²) in [5.74, 6) is 0. The number of anilines is 3. The van der Waals surface area contributed by atoms with E-state index in [1.54, 1.807) is 0 Å². The first-order chi connectivity index (χ1) is 30.8. The van der Waals surface area contributed by atoms with Crippen molar-refractivity contribution in [2.75, 3.05) is 4.90 Å². The Labute approximate surface area is 369 Å². The quantitative estimate of drug-likeness (QED) is 0.168. The third kappa shape index (κ3) is 4.73. The molecule has 0 saturated carbocycles. The number of rotatable bonds is 5. The van der Waals surface area contributed by atoms with Crippen LogP contribution in [0.4, 0.5) is 17.1 Å². The summed E-state index contributed by atoms with van der Waals surface area (Å²) >= 11 is 0. The molecule has 13 rings (SSSR count). The number of para-hydroxylation sites is 2. The van der Waals surface area contributed by atoms with Crippen LogP contribution in [-0.4, -0.2) is 4.57 Å². The van der Waals surface area contributed by atoms with Gasteiger partial charge in [0.15, 0.2) is 0 Å². The zero-order chi connectivity index (χ0) is 42.2. The van der Waals surface area contributed by atoms with Crippen LogP contribution in [0.2, 0.25) is 0 Å². The molecule has 300 valence electrons. The van der Waals surface area contributed by atoms with Crippen molar-refractivity contribution >= 4 is 38.9 Å². The molecule has 0 N–H and O–H groups in total. The van der Waals surface area contributed by atoms with Crippen LogP contribution in [0, 0.1) is 0 Å². The van der Waals surface area contributed by atoms with Gasteiger partial charge in [-0.05, 0) is 115 Å². The van der Waals surface area contributed by atoms with E-state index < -0.39 is 5.41 Å². The van der Waals surface area contributed by atoms with E-state index in [1.807, 2.05) is 0 Å². The van der Waals surface area contributed by atoms with Crippen molar-refractivity contribution in [3.63, 3.8) is 0 Å². The zero-order valence-corrected chi connectivity index (χ0v) is 36.0. The van der Waals surface area contributed by atoms with Crippen LogP contribution in [0.1, 0.15) is 72.2 Å². The Morgan fingerprint density at radius 1 is 0.349 bits per heavy atom. The van der Waals surface area contributed by atoms with E-state index in [9.17, 15) is 0 Å². The highest BCUT2D eigenvalue weighted by molar-refractivity contribution is 6.13. The summed E-state index contributed by atoms with van der Waals surface area (Å²) in [6.07, 6.45) is 0. The van der Waals surface area contributed by atoms with Crippen molar-refractivity contribution < 1.29 is 0 Å². The molecule has 1 aliphatic heterocycles. The van der Waals surface area contributed by atoms with Gasteiger partial charge in [0.2, 0.25) is 0 Å². The molecule has 0 bridgehead atoms. The molecule has 2 aliphatic carbocycles. The summed E-state index contributed by atoms with van der Waals surface area (Å²) in [5, 5.41) is 2.50. The summed E-state index contributed by atoms with van der Waals surface area (Å²) in [7, 11) is 0. The minimum atomic E-state index is -0.512. The van der Waals surface area contributed by atoms with Gasteiger partial charge in [0.05, 0.1) is 22.1 Å². The maximum absolute atomic E-state index is 2.54. The molecule has 3 aliphatic rings. The van der Waals surface area contributed by atoms with E-state index in [0.717, 1.165) is 17.1 Å². The molecule has 0 radical (unpaired) electrons. The van der Waals surface area contributed by atoms with Gasteiger partial charge < -0.3 is 9.47 Å². The average molecular weight is 807 g/mol. The van der Waals surface area contributed by atoms with E-state index in [4.69, 9.17) is 0 Å². The summed E-state index contributed by atoms with van der Waals surface area (Å²) in [4.78, 5) is 2.51. The standard InChI is InChI=1S/C61H46N2/c1-59(2)50-25-13-11-22-44(50)46-33-30-42(37-54(46)59)62(43-31-34-47-45-23-12-14-26-51(45)60(3,4)55(47)38-43)41-32-35-56-49(36-41)48-24-17-28-53-58(48)63(56)57-29-16-15-27-52(57)61(53,39-18-7-5-8-19-39)40-20-9-6-10-21-40/h5-38H,1-4H3. The van der Waals surface area contributed by atoms with Gasteiger partial charge >= 0.3 is 0 Å². The first-order valence-electron chi connectivity index (χ1n) is 22.4. The number of aromatic nitrogens is 1. The highest BCUT2D eigenvalue weighted by atomic mass is 15.1. The molecular weight excluding hydrogens is 761 g/mol. The van der Waals surface area contributed by atoms with Gasteiger partial charge in [-0.25, -0.2) is 0 Å². The second-order valence-electron chi connectivity index (χ2n) is 18.9. The molecule has 0 saturated heterocycles. The first-order valence-corrected chi connectivity index (χ1v) is 22.4. The van der Waals surface area contributed by atoms with Gasteiger partial charge in [-0.1, -0.05) is 185 Å². The van der Waals surface area contributed by atoms with E-state index >= 15 is 0 Å². The summed E-state index contributed by atoms with van der Waals surface area (Å²) in [6, 6.07) is 77.7. The highest BCUT2D eigenvalue weighted by Gasteiger charge is 2.45. The number of nitrogens with zero attached hydrogens (tertiary/aromatic N) is 2. The van der Waals surface area contributed by atoms with Gasteiger partial charge in [0.25, 0.3) is 0 Å². The van der Waals surface area contributed by atoms with E-state index in [1.165, 1.54) is 94.3 Å². The fourth-order valence-corrected chi connectivity index (χ4v) is 12.2. The monoisotopic (exact) mass is 806 g/mol. The van der Waals surface area contributed by atoms with Crippen LogP contribution < -0.4 is 4.90 Å². The second kappa shape index (κ2) is 12.8. The number of benzene rings is 9. The topological polar surface area (TPSA) is 8.17 Å². The molecule has 2 heteroatoms. The molecule has 2 nitrogen and oxygen atoms in total. The molecule has 0 unspecified atom stereocenters. The molecule has 2 heterocycles. The Kier molecular flexibility index (Phi) is 7.37. The van der Waals surface area contributed by atoms with E-state index in [0.29, 0.717) is 0 Å². The predicted molar refractivity (Wildman–Crippen MR) is 262 cm³/mol. The van der Waals surface area contributed by atoms with Crippen molar-refractivity contribution in [1.29, 1.82) is 0 Å². The second-order valence-corrected chi connectivity index (χ2v) is 18.9. The van der Waals surface area contributed by atoms with Crippen LogP contribution in [0.15, 0.2) is 206 Å². The minimum absolute atomic E-state index is 0.129. The van der Waals surface area contributed by atoms with Gasteiger partial charge in [-0.3, -0.25) is 0 Å². The summed E-state index contributed by atoms with van der Waals surface area (Å²) < 4.78 is 2.54. The molecular formula is C61H46N2. The van der Waals surface area contributed by atoms with Crippen molar-refractivity contribution in [2.24, 2.45) is 0 Å². The Bertz CT molecular complexity index is 3370. The fraction of sp³-hybridized carbons (Fsp3) is 0.115. The molecule has 1 aromatic heterocycles. The lowest BCUT2D eigenvalue weighted by Crippen LogP contribution is -2.35. The molecule has 0 fully saturated rings. The molecule has 0 spiro atoms. The van der Waals surface area contributed by atoms with Gasteiger partial charge in [-0.2, -0.15) is 0 Å². The third-order valence-electron chi connectivity index (χ3n) is 15.0. The fourth-order valence-electron chi connectivity index (χ4n) is 12.2. The van der Waals surface area contributed by atoms with Crippen LogP contribution >= 0.6 is 0 Å². The van der Waals surface area contributed by atoms with Crippen LogP contribution in [0.3, 0.4) is 0 Å². The lowest BCUT2D eigenvalue weighted by atomic mass is 9.63. The summed E-state index contributed by atoms with van der Waals surface area (Å²) in [6.45, 7) is 9.51. The predicted octanol–water partition coefficient (Wildman–Crippen LogP) is 15.6. The number of hydrogen-bond acceptors (Lipinski definition) is 1. The Morgan fingerprint density at radius 2 is 0.810 bits per heavy atom. The first kappa shape index (κ1) is 36.3. The SMILES string of the molecule is CC1(C)c2ccccc2-c2ccc(N(c3ccc4c(c3)C(C)(C)c3ccccc3-4)c3ccc4c(c3)c3cccc5c3n4-c3ccccc3C5(c3ccccc3)c3ccccc3)cc21. The minimum Gasteiger partial charge on any atom is -0.310 e. The molecule has 10 aromatic rings. The Balaban J connectivity index is 1.08. The van der Waals surface area contributed by atoms with Crippen molar-refractivity contribution in [3.05, 3.63) is 251 Å². The third-order valence-corrected chi connectivity index (χ3v) is 15.0.